The SMILES string of the molecule is CN(CCCN1CCC(c2cccc3c2n(C)c(=O)n3C2CCC(=O)NC2=O)CC1)S(=O)(=O)N1CCC(Nc2ncc3c(n2)N([C@@H]2CCC[C@@H](OC4CCCCO4)C2)C(=O)C32CC2)CC1. The van der Waals surface area contributed by atoms with Crippen molar-refractivity contribution >= 4 is 50.7 Å². The highest BCUT2D eigenvalue weighted by molar-refractivity contribution is 7.86. The number of piperidine rings is 3. The molecule has 6 fully saturated rings. The third-order valence-electron chi connectivity index (χ3n) is 15.5. The van der Waals surface area contributed by atoms with Gasteiger partial charge in [0.05, 0.1) is 22.6 Å². The molecule has 2 aromatic heterocycles. The number of likely N-dealkylation sites (tertiary alicyclic amines) is 1. The van der Waals surface area contributed by atoms with Crippen molar-refractivity contribution in [1.29, 1.82) is 0 Å². The average Bonchev–Trinajstić information content (AvgIpc) is 4.03. The van der Waals surface area contributed by atoms with Crippen LogP contribution in [-0.2, 0) is 46.5 Å². The van der Waals surface area contributed by atoms with Crippen LogP contribution in [0.1, 0.15) is 126 Å². The molecule has 4 atom stereocenters. The molecule has 18 nitrogen and oxygen atoms in total. The minimum Gasteiger partial charge on any atom is -0.353 e. The first-order valence-corrected chi connectivity index (χ1v) is 25.5. The molecule has 1 spiro atoms. The summed E-state index contributed by atoms with van der Waals surface area (Å²) in [6.45, 7) is 4.43. The quantitative estimate of drug-likeness (QED) is 0.237. The number of amides is 3. The summed E-state index contributed by atoms with van der Waals surface area (Å²) in [5.74, 6) is 0.831. The second-order valence-electron chi connectivity index (χ2n) is 19.6. The number of hydrogen-bond acceptors (Lipinski definition) is 12. The molecule has 19 heteroatoms. The number of hydrogen-bond donors (Lipinski definition) is 2. The molecular formula is C46H64N10O8S. The van der Waals surface area contributed by atoms with Gasteiger partial charge < -0.3 is 19.7 Å². The smallest absolute Gasteiger partial charge is 0.329 e. The molecule has 0 bridgehead atoms. The van der Waals surface area contributed by atoms with Gasteiger partial charge in [0.15, 0.2) is 6.29 Å². The zero-order chi connectivity index (χ0) is 45.0. The molecular weight excluding hydrogens is 853 g/mol. The summed E-state index contributed by atoms with van der Waals surface area (Å²) >= 11 is 0. The van der Waals surface area contributed by atoms with E-state index in [2.05, 4.69) is 21.6 Å². The van der Waals surface area contributed by atoms with Crippen LogP contribution < -0.4 is 21.2 Å². The number of imide groups is 1. The lowest BCUT2D eigenvalue weighted by Crippen LogP contribution is -2.48. The standard InChI is InChI=1S/C46H64N10O8S/c1-51(21-7-22-53-23-15-30(16-24-53)34-10-6-11-36-40(34)52(2)45(60)56(36)37-13-14-38(57)49-42(37)58)65(61,62)54-25-17-31(18-26-54)48-44-47-29-35-41(50-44)55(43(59)46(35)19-20-46)32-8-5-9-33(28-32)64-39-12-3-4-27-63-39/h6,10-11,29-33,37,39H,3-5,7-9,12-28H2,1-2H3,(H,47,48,50)(H,49,57,58)/t32-,33-,37?,39?/m1/s1. The Morgan fingerprint density at radius 1 is 0.969 bits per heavy atom. The monoisotopic (exact) mass is 916 g/mol. The number of para-hydroxylation sites is 1. The topological polar surface area (TPSA) is 194 Å². The number of imidazole rings is 1. The van der Waals surface area contributed by atoms with Gasteiger partial charge in [-0.2, -0.15) is 22.0 Å². The third-order valence-corrected chi connectivity index (χ3v) is 17.5. The lowest BCUT2D eigenvalue weighted by Gasteiger charge is -2.37. The van der Waals surface area contributed by atoms with Crippen molar-refractivity contribution in [3.63, 3.8) is 0 Å². The van der Waals surface area contributed by atoms with Crippen LogP contribution in [-0.4, -0.2) is 136 Å². The molecule has 0 radical (unpaired) electrons. The summed E-state index contributed by atoms with van der Waals surface area (Å²) in [6, 6.07) is 5.20. The Balaban J connectivity index is 0.697. The highest BCUT2D eigenvalue weighted by atomic mass is 32.2. The van der Waals surface area contributed by atoms with E-state index in [4.69, 9.17) is 19.4 Å². The van der Waals surface area contributed by atoms with E-state index in [0.717, 1.165) is 119 Å². The fourth-order valence-corrected chi connectivity index (χ4v) is 13.0. The number of aromatic nitrogens is 4. The van der Waals surface area contributed by atoms with Crippen LogP contribution in [0.4, 0.5) is 11.8 Å². The van der Waals surface area contributed by atoms with Crippen LogP contribution in [0.25, 0.3) is 11.0 Å². The van der Waals surface area contributed by atoms with Gasteiger partial charge >= 0.3 is 5.69 Å². The van der Waals surface area contributed by atoms with Gasteiger partial charge in [0.1, 0.15) is 11.9 Å². The molecule has 2 unspecified atom stereocenters. The van der Waals surface area contributed by atoms with E-state index in [1.807, 2.05) is 23.2 Å². The van der Waals surface area contributed by atoms with Crippen LogP contribution in [0, 0.1) is 0 Å². The fraction of sp³-hybridized carbons (Fsp3) is 0.696. The van der Waals surface area contributed by atoms with E-state index in [-0.39, 0.29) is 54.3 Å². The third kappa shape index (κ3) is 8.53. The molecule has 7 heterocycles. The summed E-state index contributed by atoms with van der Waals surface area (Å²) < 4.78 is 46.0. The average molecular weight is 917 g/mol. The van der Waals surface area contributed by atoms with Crippen LogP contribution >= 0.6 is 0 Å². The summed E-state index contributed by atoms with van der Waals surface area (Å²) in [5.41, 5.74) is 2.81. The number of carbonyl (C=O) groups is 3. The van der Waals surface area contributed by atoms with Gasteiger partial charge in [0.25, 0.3) is 10.2 Å². The van der Waals surface area contributed by atoms with E-state index >= 15 is 0 Å². The van der Waals surface area contributed by atoms with Crippen LogP contribution in [0.3, 0.4) is 0 Å². The molecule has 7 aliphatic rings. The number of ether oxygens (including phenoxy) is 2. The summed E-state index contributed by atoms with van der Waals surface area (Å²) in [6.07, 6.45) is 14.4. The molecule has 1 aromatic carbocycles. The first kappa shape index (κ1) is 44.6. The highest BCUT2D eigenvalue weighted by Gasteiger charge is 2.61. The van der Waals surface area contributed by atoms with Crippen molar-refractivity contribution in [2.75, 3.05) is 63.1 Å². The lowest BCUT2D eigenvalue weighted by atomic mass is 9.88. The minimum atomic E-state index is -3.65. The Morgan fingerprint density at radius 2 is 1.77 bits per heavy atom. The van der Waals surface area contributed by atoms with Gasteiger partial charge in [0.2, 0.25) is 23.7 Å². The zero-order valence-electron chi connectivity index (χ0n) is 37.8. The van der Waals surface area contributed by atoms with E-state index < -0.39 is 27.6 Å². The minimum absolute atomic E-state index is 0.00164. The van der Waals surface area contributed by atoms with Crippen molar-refractivity contribution in [2.45, 2.75) is 145 Å². The Hall–Kier alpha value is -4.27. The molecule has 10 rings (SSSR count). The van der Waals surface area contributed by atoms with Crippen molar-refractivity contribution in [2.24, 2.45) is 7.05 Å². The highest BCUT2D eigenvalue weighted by Crippen LogP contribution is 2.58. The first-order chi connectivity index (χ1) is 31.4. The largest absolute Gasteiger partial charge is 0.353 e. The molecule has 2 aliphatic carbocycles. The van der Waals surface area contributed by atoms with E-state index in [9.17, 15) is 27.6 Å². The summed E-state index contributed by atoms with van der Waals surface area (Å²) in [5, 5.41) is 5.88. The van der Waals surface area contributed by atoms with Crippen molar-refractivity contribution < 1.29 is 32.3 Å². The number of anilines is 2. The Bertz CT molecular complexity index is 2470. The van der Waals surface area contributed by atoms with Gasteiger partial charge in [-0.3, -0.25) is 33.7 Å². The van der Waals surface area contributed by atoms with Gasteiger partial charge in [-0.25, -0.2) is 9.78 Å². The van der Waals surface area contributed by atoms with E-state index in [1.54, 1.807) is 27.5 Å². The Morgan fingerprint density at radius 3 is 2.51 bits per heavy atom. The molecule has 2 saturated carbocycles. The van der Waals surface area contributed by atoms with Gasteiger partial charge in [0, 0.05) is 70.6 Å². The number of nitrogens with zero attached hydrogens (tertiary/aromatic N) is 8. The number of aryl methyl sites for hydroxylation is 1. The number of benzene rings is 1. The van der Waals surface area contributed by atoms with Gasteiger partial charge in [-0.15, -0.1) is 0 Å². The second kappa shape index (κ2) is 18.1. The number of nitrogens with one attached hydrogen (secondary N) is 2. The molecule has 352 valence electrons. The first-order valence-electron chi connectivity index (χ1n) is 24.1. The lowest BCUT2D eigenvalue weighted by molar-refractivity contribution is -0.193. The van der Waals surface area contributed by atoms with Gasteiger partial charge in [-0.05, 0) is 133 Å². The molecule has 2 N–H and O–H groups in total. The maximum absolute atomic E-state index is 14.0. The molecule has 3 amide bonds. The number of fused-ring (bicyclic) bond motifs is 3. The van der Waals surface area contributed by atoms with Crippen LogP contribution in [0.15, 0.2) is 29.2 Å². The normalized spacial score (nSPS) is 27.2. The molecule has 3 aromatic rings. The molecule has 5 aliphatic heterocycles. The fourth-order valence-electron chi connectivity index (χ4n) is 11.6. The van der Waals surface area contributed by atoms with Gasteiger partial charge in [-0.1, -0.05) is 12.1 Å². The summed E-state index contributed by atoms with van der Waals surface area (Å²) in [4.78, 5) is 66.1. The predicted molar refractivity (Wildman–Crippen MR) is 243 cm³/mol. The predicted octanol–water partition coefficient (Wildman–Crippen LogP) is 3.66. The number of carbonyl (C=O) groups excluding carboxylic acids is 3. The van der Waals surface area contributed by atoms with Crippen LogP contribution in [0.2, 0.25) is 0 Å². The second-order valence-corrected chi connectivity index (χ2v) is 21.6. The number of rotatable bonds is 13. The van der Waals surface area contributed by atoms with E-state index in [0.29, 0.717) is 56.8 Å². The maximum Gasteiger partial charge on any atom is 0.329 e. The van der Waals surface area contributed by atoms with Crippen molar-refractivity contribution in [3.8, 4) is 0 Å². The zero-order valence-corrected chi connectivity index (χ0v) is 38.6. The molecule has 4 saturated heterocycles. The maximum atomic E-state index is 14.0. The van der Waals surface area contributed by atoms with E-state index in [1.165, 1.54) is 4.31 Å². The van der Waals surface area contributed by atoms with Crippen molar-refractivity contribution in [3.05, 3.63) is 46.0 Å². The summed E-state index contributed by atoms with van der Waals surface area (Å²) in [7, 11) is -0.232. The van der Waals surface area contributed by atoms with Crippen molar-refractivity contribution in [1.82, 2.24) is 37.9 Å². The Kier molecular flexibility index (Phi) is 12.4. The Labute approximate surface area is 380 Å². The van der Waals surface area contributed by atoms with Crippen LogP contribution in [0.5, 0.6) is 0 Å². The molecule has 65 heavy (non-hydrogen) atoms.